The summed E-state index contributed by atoms with van der Waals surface area (Å²) in [5.41, 5.74) is 9.23. The average molecular weight is 384 g/mol. The minimum Gasteiger partial charge on any atom is -0.291 e. The molecular weight excluding hydrogens is 364 g/mol. The second-order valence-corrected chi connectivity index (χ2v) is 7.76. The van der Waals surface area contributed by atoms with E-state index < -0.39 is 0 Å². The average Bonchev–Trinajstić information content (AvgIpc) is 3.18. The van der Waals surface area contributed by atoms with E-state index in [1.54, 1.807) is 0 Å². The molecule has 142 valence electrons. The van der Waals surface area contributed by atoms with Crippen molar-refractivity contribution in [1.29, 1.82) is 0 Å². The summed E-state index contributed by atoms with van der Waals surface area (Å²) >= 11 is 0. The van der Waals surface area contributed by atoms with Gasteiger partial charge in [-0.05, 0) is 41.1 Å². The summed E-state index contributed by atoms with van der Waals surface area (Å²) in [7, 11) is 0. The summed E-state index contributed by atoms with van der Waals surface area (Å²) in [6.45, 7) is 2.14. The van der Waals surface area contributed by atoms with Crippen molar-refractivity contribution in [3.05, 3.63) is 109 Å². The molecule has 0 unspecified atom stereocenters. The molecule has 0 fully saturated rings. The molecule has 2 heteroatoms. The van der Waals surface area contributed by atoms with Crippen molar-refractivity contribution >= 4 is 27.5 Å². The lowest BCUT2D eigenvalue weighted by molar-refractivity contribution is 1.25. The van der Waals surface area contributed by atoms with Crippen LogP contribution in [0.5, 0.6) is 0 Å². The van der Waals surface area contributed by atoms with E-state index in [-0.39, 0.29) is 0 Å². The lowest BCUT2D eigenvalue weighted by Gasteiger charge is -2.17. The monoisotopic (exact) mass is 384 g/mol. The lowest BCUT2D eigenvalue weighted by atomic mass is 9.93. The first-order valence-corrected chi connectivity index (χ1v) is 10.3. The van der Waals surface area contributed by atoms with Gasteiger partial charge in [-0.1, -0.05) is 91.0 Å². The molecule has 0 spiro atoms. The summed E-state index contributed by atoms with van der Waals surface area (Å²) in [6, 6.07) is 36.5. The fourth-order valence-corrected chi connectivity index (χ4v) is 4.49. The first-order valence-electron chi connectivity index (χ1n) is 10.3. The number of nitrogens with zero attached hydrogens (tertiary/aromatic N) is 2. The fourth-order valence-electron chi connectivity index (χ4n) is 4.49. The van der Waals surface area contributed by atoms with Crippen LogP contribution >= 0.6 is 0 Å². The Morgan fingerprint density at radius 1 is 0.633 bits per heavy atom. The number of hydrogen-bond donors (Lipinski definition) is 0. The van der Waals surface area contributed by atoms with Crippen LogP contribution < -0.4 is 0 Å². The predicted molar refractivity (Wildman–Crippen MR) is 126 cm³/mol. The van der Waals surface area contributed by atoms with Crippen LogP contribution in [0.4, 0.5) is 0 Å². The molecule has 2 nitrogen and oxygen atoms in total. The van der Waals surface area contributed by atoms with E-state index in [0.29, 0.717) is 0 Å². The summed E-state index contributed by atoms with van der Waals surface area (Å²) in [5.74, 6) is 0. The minimum absolute atomic E-state index is 1.00. The number of rotatable bonds is 2. The van der Waals surface area contributed by atoms with Gasteiger partial charge in [0.1, 0.15) is 5.65 Å². The smallest absolute Gasteiger partial charge is 0.146 e. The molecule has 0 amide bonds. The molecule has 0 aliphatic heterocycles. The number of imidazole rings is 1. The maximum absolute atomic E-state index is 5.07. The zero-order valence-electron chi connectivity index (χ0n) is 16.7. The Labute approximate surface area is 175 Å². The summed E-state index contributed by atoms with van der Waals surface area (Å²) < 4.78 is 2.35. The zero-order chi connectivity index (χ0) is 20.1. The van der Waals surface area contributed by atoms with Crippen LogP contribution in [0.25, 0.3) is 49.8 Å². The minimum atomic E-state index is 1.00. The number of pyridine rings is 1. The van der Waals surface area contributed by atoms with Gasteiger partial charge in [0.2, 0.25) is 0 Å². The molecule has 0 bridgehead atoms. The van der Waals surface area contributed by atoms with Gasteiger partial charge in [0.15, 0.2) is 0 Å². The maximum atomic E-state index is 5.07. The van der Waals surface area contributed by atoms with Crippen molar-refractivity contribution in [3.63, 3.8) is 0 Å². The number of hydrogen-bond acceptors (Lipinski definition) is 1. The standard InChI is InChI=1S/C28H20N2/c1-19-16-17-24-25(18-19)30-27(21-12-6-3-7-13-21)26(20-10-4-2-5-11-20)22-14-8-9-15-23(22)28(30)29-24/h2-18H,1H3. The highest BCUT2D eigenvalue weighted by molar-refractivity contribution is 6.10. The molecule has 2 heterocycles. The van der Waals surface area contributed by atoms with Gasteiger partial charge in [-0.2, -0.15) is 0 Å². The first kappa shape index (κ1) is 17.0. The van der Waals surface area contributed by atoms with Gasteiger partial charge in [0.05, 0.1) is 16.7 Å². The topological polar surface area (TPSA) is 17.3 Å². The SMILES string of the molecule is Cc1ccc2nc3c4ccccc4c(-c4ccccc4)c(-c4ccccc4)n3c2c1. The summed E-state index contributed by atoms with van der Waals surface area (Å²) in [4.78, 5) is 5.07. The molecule has 0 aliphatic carbocycles. The van der Waals surface area contributed by atoms with Crippen molar-refractivity contribution in [3.8, 4) is 22.4 Å². The molecule has 0 radical (unpaired) electrons. The molecule has 4 aromatic carbocycles. The fraction of sp³-hybridized carbons (Fsp3) is 0.0357. The van der Waals surface area contributed by atoms with Crippen LogP contribution in [0.1, 0.15) is 5.56 Å². The Morgan fingerprint density at radius 3 is 2.00 bits per heavy atom. The van der Waals surface area contributed by atoms with Crippen molar-refractivity contribution in [2.24, 2.45) is 0 Å². The van der Waals surface area contributed by atoms with E-state index in [0.717, 1.165) is 16.7 Å². The van der Waals surface area contributed by atoms with E-state index in [4.69, 9.17) is 4.98 Å². The van der Waals surface area contributed by atoms with E-state index in [9.17, 15) is 0 Å². The Bertz CT molecular complexity index is 1530. The number of fused-ring (bicyclic) bond motifs is 5. The van der Waals surface area contributed by atoms with Crippen LogP contribution in [-0.4, -0.2) is 9.38 Å². The van der Waals surface area contributed by atoms with Crippen LogP contribution in [0.2, 0.25) is 0 Å². The predicted octanol–water partition coefficient (Wildman–Crippen LogP) is 7.28. The molecule has 6 rings (SSSR count). The third kappa shape index (κ3) is 2.47. The molecule has 30 heavy (non-hydrogen) atoms. The third-order valence-corrected chi connectivity index (χ3v) is 5.82. The molecule has 0 saturated carbocycles. The Balaban J connectivity index is 1.94. The number of aromatic nitrogens is 2. The van der Waals surface area contributed by atoms with Gasteiger partial charge in [-0.25, -0.2) is 4.98 Å². The highest BCUT2D eigenvalue weighted by Gasteiger charge is 2.20. The first-order chi connectivity index (χ1) is 14.8. The van der Waals surface area contributed by atoms with Crippen molar-refractivity contribution in [2.75, 3.05) is 0 Å². The van der Waals surface area contributed by atoms with E-state index in [1.807, 2.05) is 0 Å². The molecule has 2 aromatic heterocycles. The second kappa shape index (κ2) is 6.57. The molecule has 0 saturated heterocycles. The number of aryl methyl sites for hydroxylation is 1. The van der Waals surface area contributed by atoms with Gasteiger partial charge in [0, 0.05) is 10.9 Å². The largest absolute Gasteiger partial charge is 0.291 e. The van der Waals surface area contributed by atoms with E-state index in [2.05, 4.69) is 114 Å². The van der Waals surface area contributed by atoms with Gasteiger partial charge in [-0.3, -0.25) is 4.40 Å². The van der Waals surface area contributed by atoms with Crippen LogP contribution in [0, 0.1) is 6.92 Å². The zero-order valence-corrected chi connectivity index (χ0v) is 16.7. The van der Waals surface area contributed by atoms with Crippen molar-refractivity contribution in [1.82, 2.24) is 9.38 Å². The quantitative estimate of drug-likeness (QED) is 0.306. The summed E-state index contributed by atoms with van der Waals surface area (Å²) in [5, 5.41) is 2.40. The molecular formula is C28H20N2. The van der Waals surface area contributed by atoms with Gasteiger partial charge in [-0.15, -0.1) is 0 Å². The lowest BCUT2D eigenvalue weighted by Crippen LogP contribution is -1.98. The summed E-state index contributed by atoms with van der Waals surface area (Å²) in [6.07, 6.45) is 0. The molecule has 0 atom stereocenters. The second-order valence-electron chi connectivity index (χ2n) is 7.76. The normalized spacial score (nSPS) is 11.5. The van der Waals surface area contributed by atoms with E-state index >= 15 is 0 Å². The Hall–Kier alpha value is -3.91. The number of benzene rings is 4. The van der Waals surface area contributed by atoms with Gasteiger partial charge < -0.3 is 0 Å². The highest BCUT2D eigenvalue weighted by atomic mass is 15.0. The van der Waals surface area contributed by atoms with Crippen LogP contribution in [0.15, 0.2) is 103 Å². The maximum Gasteiger partial charge on any atom is 0.146 e. The van der Waals surface area contributed by atoms with E-state index in [1.165, 1.54) is 38.7 Å². The van der Waals surface area contributed by atoms with Crippen molar-refractivity contribution < 1.29 is 0 Å². The Morgan fingerprint density at radius 2 is 1.27 bits per heavy atom. The van der Waals surface area contributed by atoms with Gasteiger partial charge >= 0.3 is 0 Å². The van der Waals surface area contributed by atoms with Crippen molar-refractivity contribution in [2.45, 2.75) is 6.92 Å². The molecule has 0 aliphatic rings. The molecule has 0 N–H and O–H groups in total. The highest BCUT2D eigenvalue weighted by Crippen LogP contribution is 2.41. The van der Waals surface area contributed by atoms with Crippen LogP contribution in [-0.2, 0) is 0 Å². The van der Waals surface area contributed by atoms with Crippen LogP contribution in [0.3, 0.4) is 0 Å². The third-order valence-electron chi connectivity index (χ3n) is 5.82. The Kier molecular flexibility index (Phi) is 3.72. The molecule has 6 aromatic rings. The van der Waals surface area contributed by atoms with Gasteiger partial charge in [0.25, 0.3) is 0 Å².